The van der Waals surface area contributed by atoms with Gasteiger partial charge in [0.1, 0.15) is 11.5 Å². The predicted octanol–water partition coefficient (Wildman–Crippen LogP) is 2.36. The number of rotatable bonds is 5. The maximum absolute atomic E-state index is 13.8. The van der Waals surface area contributed by atoms with Crippen LogP contribution in [0.5, 0.6) is 11.5 Å². The van der Waals surface area contributed by atoms with Gasteiger partial charge in [-0.3, -0.25) is 0 Å². The summed E-state index contributed by atoms with van der Waals surface area (Å²) in [6, 6.07) is 3.68. The Labute approximate surface area is 103 Å². The van der Waals surface area contributed by atoms with Crippen molar-refractivity contribution in [3.8, 4) is 11.5 Å². The van der Waals surface area contributed by atoms with Crippen LogP contribution in [0.25, 0.3) is 0 Å². The lowest BCUT2D eigenvalue weighted by Crippen LogP contribution is -2.28. The molecule has 0 fully saturated rings. The van der Waals surface area contributed by atoms with Gasteiger partial charge in [0.15, 0.2) is 0 Å². The van der Waals surface area contributed by atoms with Crippen LogP contribution in [0.2, 0.25) is 0 Å². The lowest BCUT2D eigenvalue weighted by molar-refractivity contribution is -0.173. The molecule has 0 aliphatic heterocycles. The van der Waals surface area contributed by atoms with Gasteiger partial charge in [0, 0.05) is 6.07 Å². The molecule has 0 saturated carbocycles. The summed E-state index contributed by atoms with van der Waals surface area (Å²) in [6.45, 7) is 1.34. The Morgan fingerprint density at radius 3 is 2.44 bits per heavy atom. The summed E-state index contributed by atoms with van der Waals surface area (Å²) >= 11 is 0. The maximum Gasteiger partial charge on any atom is 0.382 e. The molecule has 0 heterocycles. The molecule has 0 atom stereocenters. The molecular weight excluding hydrogens is 246 g/mol. The highest BCUT2D eigenvalue weighted by atomic mass is 19.3. The lowest BCUT2D eigenvalue weighted by atomic mass is 10.1. The quantitative estimate of drug-likeness (QED) is 0.762. The Kier molecular flexibility index (Phi) is 4.47. The van der Waals surface area contributed by atoms with Gasteiger partial charge in [-0.05, 0) is 19.1 Å². The molecule has 0 spiro atoms. The van der Waals surface area contributed by atoms with E-state index in [-0.39, 0.29) is 12.4 Å². The van der Waals surface area contributed by atoms with Crippen LogP contribution in [0, 0.1) is 0 Å². The van der Waals surface area contributed by atoms with Gasteiger partial charge in [-0.2, -0.15) is 8.78 Å². The maximum atomic E-state index is 13.8. The predicted molar refractivity (Wildman–Crippen MR) is 60.1 cm³/mol. The van der Waals surface area contributed by atoms with Crippen LogP contribution < -0.4 is 9.47 Å². The first-order chi connectivity index (χ1) is 8.47. The van der Waals surface area contributed by atoms with Gasteiger partial charge in [-0.25, -0.2) is 4.79 Å². The number of benzene rings is 1. The third kappa shape index (κ3) is 2.69. The van der Waals surface area contributed by atoms with Crippen molar-refractivity contribution in [2.45, 2.75) is 12.8 Å². The number of carbonyl (C=O) groups excluding carboxylic acids is 1. The summed E-state index contributed by atoms with van der Waals surface area (Å²) in [6.07, 6.45) is 0. The Balaban J connectivity index is 3.18. The number of halogens is 2. The fourth-order valence-corrected chi connectivity index (χ4v) is 1.39. The van der Waals surface area contributed by atoms with Gasteiger partial charge >= 0.3 is 11.9 Å². The third-order valence-electron chi connectivity index (χ3n) is 2.28. The van der Waals surface area contributed by atoms with Crippen LogP contribution in [0.4, 0.5) is 8.78 Å². The van der Waals surface area contributed by atoms with Crippen LogP contribution in [0.3, 0.4) is 0 Å². The summed E-state index contributed by atoms with van der Waals surface area (Å²) in [5.74, 6) is -5.13. The van der Waals surface area contributed by atoms with Gasteiger partial charge < -0.3 is 14.2 Å². The summed E-state index contributed by atoms with van der Waals surface area (Å²) in [4.78, 5) is 11.2. The van der Waals surface area contributed by atoms with Gasteiger partial charge in [-0.15, -0.1) is 0 Å². The molecule has 1 aromatic rings. The molecule has 0 bridgehead atoms. The van der Waals surface area contributed by atoms with E-state index in [0.29, 0.717) is 5.75 Å². The van der Waals surface area contributed by atoms with Gasteiger partial charge in [0.25, 0.3) is 0 Å². The van der Waals surface area contributed by atoms with Crippen LogP contribution >= 0.6 is 0 Å². The van der Waals surface area contributed by atoms with Crippen molar-refractivity contribution >= 4 is 5.97 Å². The summed E-state index contributed by atoms with van der Waals surface area (Å²) in [7, 11) is 2.64. The van der Waals surface area contributed by atoms with Crippen LogP contribution in [0.1, 0.15) is 12.5 Å². The molecule has 100 valence electrons. The van der Waals surface area contributed by atoms with Gasteiger partial charge in [-0.1, -0.05) is 0 Å². The molecule has 0 radical (unpaired) electrons. The normalized spacial score (nSPS) is 10.9. The van der Waals surface area contributed by atoms with Gasteiger partial charge in [0.2, 0.25) is 0 Å². The number of hydrogen-bond donors (Lipinski definition) is 0. The van der Waals surface area contributed by atoms with E-state index in [2.05, 4.69) is 4.74 Å². The molecule has 0 amide bonds. The molecule has 0 aromatic heterocycles. The Morgan fingerprint density at radius 2 is 1.94 bits per heavy atom. The number of carbonyl (C=O) groups is 1. The van der Waals surface area contributed by atoms with Crippen molar-refractivity contribution in [2.75, 3.05) is 20.8 Å². The first-order valence-electron chi connectivity index (χ1n) is 5.24. The second kappa shape index (κ2) is 5.66. The van der Waals surface area contributed by atoms with Crippen LogP contribution in [-0.4, -0.2) is 26.8 Å². The Hall–Kier alpha value is -1.85. The highest BCUT2D eigenvalue weighted by Crippen LogP contribution is 2.37. The minimum absolute atomic E-state index is 0.118. The molecular formula is C12H14F2O4. The van der Waals surface area contributed by atoms with E-state index in [1.807, 2.05) is 0 Å². The Morgan fingerprint density at radius 1 is 1.28 bits per heavy atom. The minimum atomic E-state index is -3.76. The first-order valence-corrected chi connectivity index (χ1v) is 5.24. The molecule has 0 aliphatic carbocycles. The largest absolute Gasteiger partial charge is 0.497 e. The monoisotopic (exact) mass is 260 g/mol. The third-order valence-corrected chi connectivity index (χ3v) is 2.28. The number of ether oxygens (including phenoxy) is 3. The lowest BCUT2D eigenvalue weighted by Gasteiger charge is -2.18. The zero-order valence-corrected chi connectivity index (χ0v) is 10.3. The summed E-state index contributed by atoms with van der Waals surface area (Å²) in [5.41, 5.74) is -0.552. The van der Waals surface area contributed by atoms with Crippen molar-refractivity contribution in [3.05, 3.63) is 23.8 Å². The number of esters is 1. The molecule has 1 rings (SSSR count). The second-order valence-electron chi connectivity index (χ2n) is 3.36. The number of hydrogen-bond acceptors (Lipinski definition) is 4. The van der Waals surface area contributed by atoms with Crippen LogP contribution in [0.15, 0.2) is 18.2 Å². The van der Waals surface area contributed by atoms with E-state index in [9.17, 15) is 13.6 Å². The van der Waals surface area contributed by atoms with E-state index < -0.39 is 17.5 Å². The van der Waals surface area contributed by atoms with E-state index in [1.165, 1.54) is 33.3 Å². The zero-order valence-electron chi connectivity index (χ0n) is 10.3. The first kappa shape index (κ1) is 14.2. The van der Waals surface area contributed by atoms with E-state index in [4.69, 9.17) is 9.47 Å². The minimum Gasteiger partial charge on any atom is -0.497 e. The van der Waals surface area contributed by atoms with Crippen molar-refractivity contribution in [1.82, 2.24) is 0 Å². The van der Waals surface area contributed by atoms with Crippen LogP contribution in [-0.2, 0) is 15.5 Å². The Bertz CT molecular complexity index is 432. The fraction of sp³-hybridized carbons (Fsp3) is 0.417. The highest BCUT2D eigenvalue weighted by Gasteiger charge is 2.45. The molecule has 0 aliphatic rings. The second-order valence-corrected chi connectivity index (χ2v) is 3.36. The van der Waals surface area contributed by atoms with Gasteiger partial charge in [0.05, 0.1) is 26.4 Å². The van der Waals surface area contributed by atoms with Crippen molar-refractivity contribution in [1.29, 1.82) is 0 Å². The van der Waals surface area contributed by atoms with E-state index in [0.717, 1.165) is 6.07 Å². The molecule has 4 nitrogen and oxygen atoms in total. The van der Waals surface area contributed by atoms with Crippen molar-refractivity contribution in [3.63, 3.8) is 0 Å². The molecule has 6 heteroatoms. The molecule has 0 N–H and O–H groups in total. The topological polar surface area (TPSA) is 44.8 Å². The molecule has 0 unspecified atom stereocenters. The fourth-order valence-electron chi connectivity index (χ4n) is 1.39. The summed E-state index contributed by atoms with van der Waals surface area (Å²) in [5, 5.41) is 0. The zero-order chi connectivity index (χ0) is 13.8. The van der Waals surface area contributed by atoms with Crippen molar-refractivity contribution < 1.29 is 27.8 Å². The van der Waals surface area contributed by atoms with Crippen molar-refractivity contribution in [2.24, 2.45) is 0 Å². The molecule has 18 heavy (non-hydrogen) atoms. The van der Waals surface area contributed by atoms with E-state index in [1.54, 1.807) is 0 Å². The summed E-state index contributed by atoms with van der Waals surface area (Å²) < 4.78 is 41.7. The average Bonchev–Trinajstić information content (AvgIpc) is 2.38. The SMILES string of the molecule is CCOC(=O)C(F)(F)c1ccc(OC)cc1OC. The van der Waals surface area contributed by atoms with E-state index >= 15 is 0 Å². The molecule has 1 aromatic carbocycles. The standard InChI is InChI=1S/C12H14F2O4/c1-4-18-11(15)12(13,14)9-6-5-8(16-2)7-10(9)17-3/h5-7H,4H2,1-3H3. The number of alkyl halides is 2. The number of methoxy groups -OCH3 is 2. The smallest absolute Gasteiger partial charge is 0.382 e. The molecule has 0 saturated heterocycles. The highest BCUT2D eigenvalue weighted by molar-refractivity contribution is 5.80. The average molecular weight is 260 g/mol.